The van der Waals surface area contributed by atoms with Crippen molar-refractivity contribution in [3.8, 4) is 23.6 Å². The third-order valence-corrected chi connectivity index (χ3v) is 4.88. The third kappa shape index (κ3) is 4.59. The Labute approximate surface area is 157 Å². The molecule has 1 heterocycles. The van der Waals surface area contributed by atoms with Crippen LogP contribution in [0.15, 0.2) is 59.6 Å². The minimum absolute atomic E-state index is 0.0922. The van der Waals surface area contributed by atoms with E-state index < -0.39 is 10.1 Å². The highest BCUT2D eigenvalue weighted by Gasteiger charge is 2.16. The van der Waals surface area contributed by atoms with Crippen molar-refractivity contribution in [2.45, 2.75) is 18.4 Å². The van der Waals surface area contributed by atoms with Crippen LogP contribution < -0.4 is 0 Å². The molecule has 0 bridgehead atoms. The SMILES string of the molecule is Cc1ccc(S(=O)(=O)OCc2cn(-c3ccc(C#CC#N)cc3)nn2)cc1. The van der Waals surface area contributed by atoms with Crippen LogP contribution in [0.3, 0.4) is 0 Å². The van der Waals surface area contributed by atoms with Crippen LogP contribution >= 0.6 is 0 Å². The molecule has 0 atom stereocenters. The van der Waals surface area contributed by atoms with Crippen LogP contribution in [0.1, 0.15) is 16.8 Å². The molecule has 0 aliphatic rings. The molecule has 1 aromatic heterocycles. The quantitative estimate of drug-likeness (QED) is 0.499. The lowest BCUT2D eigenvalue weighted by Crippen LogP contribution is -2.06. The molecule has 3 rings (SSSR count). The molecule has 3 aromatic rings. The molecule has 0 aliphatic carbocycles. The third-order valence-electron chi connectivity index (χ3n) is 3.61. The van der Waals surface area contributed by atoms with Crippen molar-refractivity contribution in [2.75, 3.05) is 0 Å². The summed E-state index contributed by atoms with van der Waals surface area (Å²) in [6, 6.07) is 15.2. The van der Waals surface area contributed by atoms with Crippen molar-refractivity contribution in [2.24, 2.45) is 0 Å². The zero-order chi connectivity index (χ0) is 19.3. The van der Waals surface area contributed by atoms with Crippen molar-refractivity contribution in [3.63, 3.8) is 0 Å². The summed E-state index contributed by atoms with van der Waals surface area (Å²) in [4.78, 5) is 0.0922. The second kappa shape index (κ2) is 7.83. The first kappa shape index (κ1) is 18.3. The number of hydrogen-bond acceptors (Lipinski definition) is 6. The van der Waals surface area contributed by atoms with Gasteiger partial charge < -0.3 is 0 Å². The Morgan fingerprint density at radius 2 is 1.81 bits per heavy atom. The van der Waals surface area contributed by atoms with E-state index in [1.54, 1.807) is 48.7 Å². The molecule has 0 saturated carbocycles. The average molecular weight is 378 g/mol. The van der Waals surface area contributed by atoms with Crippen LogP contribution in [0.4, 0.5) is 0 Å². The maximum absolute atomic E-state index is 12.2. The molecule has 0 radical (unpaired) electrons. The Bertz CT molecular complexity index is 1150. The first-order chi connectivity index (χ1) is 13.0. The summed E-state index contributed by atoms with van der Waals surface area (Å²) < 4.78 is 31.0. The van der Waals surface area contributed by atoms with Gasteiger partial charge in [0.15, 0.2) is 6.07 Å². The zero-order valence-corrected chi connectivity index (χ0v) is 15.1. The van der Waals surface area contributed by atoms with Gasteiger partial charge in [-0.25, -0.2) is 4.68 Å². The molecule has 7 nitrogen and oxygen atoms in total. The van der Waals surface area contributed by atoms with Gasteiger partial charge >= 0.3 is 0 Å². The molecule has 0 spiro atoms. The van der Waals surface area contributed by atoms with E-state index in [1.807, 2.05) is 6.92 Å². The minimum atomic E-state index is -3.86. The van der Waals surface area contributed by atoms with Crippen molar-refractivity contribution in [1.82, 2.24) is 15.0 Å². The number of aryl methyl sites for hydroxylation is 1. The number of aromatic nitrogens is 3. The topological polar surface area (TPSA) is 97.9 Å². The molecule has 2 aromatic carbocycles. The van der Waals surface area contributed by atoms with Crippen LogP contribution in [-0.4, -0.2) is 23.4 Å². The van der Waals surface area contributed by atoms with Gasteiger partial charge in [-0.1, -0.05) is 28.8 Å². The predicted octanol–water partition coefficient (Wildman–Crippen LogP) is 2.36. The monoisotopic (exact) mass is 378 g/mol. The summed E-state index contributed by atoms with van der Waals surface area (Å²) in [6.45, 7) is 1.65. The van der Waals surface area contributed by atoms with Gasteiger partial charge in [0.25, 0.3) is 10.1 Å². The summed E-state index contributed by atoms with van der Waals surface area (Å²) in [6.07, 6.45) is 1.58. The summed E-state index contributed by atoms with van der Waals surface area (Å²) >= 11 is 0. The van der Waals surface area contributed by atoms with Gasteiger partial charge in [0.2, 0.25) is 0 Å². The van der Waals surface area contributed by atoms with E-state index in [2.05, 4.69) is 22.2 Å². The number of benzene rings is 2. The number of rotatable bonds is 5. The largest absolute Gasteiger partial charge is 0.297 e. The smallest absolute Gasteiger partial charge is 0.260 e. The predicted molar refractivity (Wildman–Crippen MR) is 97.0 cm³/mol. The van der Waals surface area contributed by atoms with Crippen LogP contribution in [0.2, 0.25) is 0 Å². The van der Waals surface area contributed by atoms with Gasteiger partial charge in [0.1, 0.15) is 12.3 Å². The maximum atomic E-state index is 12.2. The van der Waals surface area contributed by atoms with Crippen LogP contribution in [0, 0.1) is 30.1 Å². The molecule has 134 valence electrons. The molecule has 0 fully saturated rings. The van der Waals surface area contributed by atoms with E-state index in [0.29, 0.717) is 11.3 Å². The Balaban J connectivity index is 1.69. The van der Waals surface area contributed by atoms with Gasteiger partial charge in [-0.05, 0) is 43.3 Å². The van der Waals surface area contributed by atoms with Gasteiger partial charge in [-0.15, -0.1) is 5.10 Å². The van der Waals surface area contributed by atoms with Crippen molar-refractivity contribution >= 4 is 10.1 Å². The van der Waals surface area contributed by atoms with Gasteiger partial charge in [-0.2, -0.15) is 13.7 Å². The normalized spacial score (nSPS) is 10.7. The van der Waals surface area contributed by atoms with E-state index in [1.165, 1.54) is 16.8 Å². The number of nitriles is 1. The fraction of sp³-hybridized carbons (Fsp3) is 0.105. The van der Waals surface area contributed by atoms with Crippen LogP contribution in [0.25, 0.3) is 5.69 Å². The maximum Gasteiger partial charge on any atom is 0.297 e. The molecule has 0 aliphatic heterocycles. The highest BCUT2D eigenvalue weighted by Crippen LogP contribution is 2.15. The van der Waals surface area contributed by atoms with E-state index in [-0.39, 0.29) is 11.5 Å². The molecular formula is C19H14N4O3S. The molecule has 8 heteroatoms. The average Bonchev–Trinajstić information content (AvgIpc) is 3.15. The van der Waals surface area contributed by atoms with Gasteiger partial charge in [0.05, 0.1) is 16.8 Å². The summed E-state index contributed by atoms with van der Waals surface area (Å²) in [5, 5.41) is 16.3. The van der Waals surface area contributed by atoms with Crippen molar-refractivity contribution in [3.05, 3.63) is 71.5 Å². The Morgan fingerprint density at radius 3 is 2.48 bits per heavy atom. The molecule has 0 amide bonds. The van der Waals surface area contributed by atoms with Crippen LogP contribution in [0.5, 0.6) is 0 Å². The molecule has 0 N–H and O–H groups in total. The molecular weight excluding hydrogens is 364 g/mol. The highest BCUT2D eigenvalue weighted by molar-refractivity contribution is 7.86. The molecule has 0 saturated heterocycles. The van der Waals surface area contributed by atoms with E-state index >= 15 is 0 Å². The first-order valence-corrected chi connectivity index (χ1v) is 9.27. The Morgan fingerprint density at radius 1 is 1.11 bits per heavy atom. The summed E-state index contributed by atoms with van der Waals surface area (Å²) in [5.41, 5.74) is 2.76. The fourth-order valence-corrected chi connectivity index (χ4v) is 3.08. The number of nitrogens with zero attached hydrogens (tertiary/aromatic N) is 4. The lowest BCUT2D eigenvalue weighted by molar-refractivity contribution is 0.303. The van der Waals surface area contributed by atoms with Crippen molar-refractivity contribution in [1.29, 1.82) is 5.26 Å². The number of hydrogen-bond donors (Lipinski definition) is 0. The molecule has 27 heavy (non-hydrogen) atoms. The lowest BCUT2D eigenvalue weighted by Gasteiger charge is -2.04. The minimum Gasteiger partial charge on any atom is -0.260 e. The lowest BCUT2D eigenvalue weighted by atomic mass is 10.2. The standard InChI is InChI=1S/C19H14N4O3S/c1-15-4-10-19(11-5-15)27(24,25)26-14-17-13-23(22-21-17)18-8-6-16(7-9-18)3-2-12-20/h4-11,13H,14H2,1H3. The summed E-state index contributed by atoms with van der Waals surface area (Å²) in [7, 11) is -3.86. The second-order valence-corrected chi connectivity index (χ2v) is 7.21. The van der Waals surface area contributed by atoms with E-state index in [4.69, 9.17) is 9.44 Å². The van der Waals surface area contributed by atoms with E-state index in [9.17, 15) is 8.42 Å². The zero-order valence-electron chi connectivity index (χ0n) is 14.3. The summed E-state index contributed by atoms with van der Waals surface area (Å²) in [5.74, 6) is 5.01. The Hall–Kier alpha value is -3.46. The highest BCUT2D eigenvalue weighted by atomic mass is 32.2. The van der Waals surface area contributed by atoms with E-state index in [0.717, 1.165) is 11.3 Å². The Kier molecular flexibility index (Phi) is 5.32. The van der Waals surface area contributed by atoms with Crippen molar-refractivity contribution < 1.29 is 12.6 Å². The second-order valence-electron chi connectivity index (χ2n) is 5.59. The first-order valence-electron chi connectivity index (χ1n) is 7.86. The van der Waals surface area contributed by atoms with Gasteiger partial charge in [0, 0.05) is 11.5 Å². The van der Waals surface area contributed by atoms with Gasteiger partial charge in [-0.3, -0.25) is 4.18 Å². The molecule has 0 unspecified atom stereocenters. The van der Waals surface area contributed by atoms with Crippen LogP contribution in [-0.2, 0) is 20.9 Å². The fourth-order valence-electron chi connectivity index (χ4n) is 2.20.